The molecule has 2 N–H and O–H groups in total. The van der Waals surface area contributed by atoms with E-state index in [1.165, 1.54) is 0 Å². The highest BCUT2D eigenvalue weighted by molar-refractivity contribution is 5.76. The highest BCUT2D eigenvalue weighted by atomic mass is 16.5. The molecule has 0 bridgehead atoms. The fraction of sp³-hybridized carbons (Fsp3) is 0.435. The van der Waals surface area contributed by atoms with Crippen LogP contribution in [-0.2, 0) is 17.8 Å². The van der Waals surface area contributed by atoms with Gasteiger partial charge in [-0.3, -0.25) is 9.69 Å². The van der Waals surface area contributed by atoms with Crippen LogP contribution in [0.4, 0.5) is 0 Å². The Balaban J connectivity index is 1.87. The summed E-state index contributed by atoms with van der Waals surface area (Å²) in [7, 11) is 3.25. The minimum absolute atomic E-state index is 0.270. The second kappa shape index (κ2) is 8.84. The molecule has 0 aliphatic carbocycles. The zero-order valence-corrected chi connectivity index (χ0v) is 17.2. The first-order valence-electron chi connectivity index (χ1n) is 9.79. The maximum Gasteiger partial charge on any atom is 0.313 e. The largest absolute Gasteiger partial charge is 0.496 e. The second-order valence-corrected chi connectivity index (χ2v) is 7.72. The van der Waals surface area contributed by atoms with Crippen LogP contribution in [0.15, 0.2) is 42.5 Å². The zero-order chi connectivity index (χ0) is 21.0. The second-order valence-electron chi connectivity index (χ2n) is 7.72. The highest BCUT2D eigenvalue weighted by Crippen LogP contribution is 2.37. The van der Waals surface area contributed by atoms with E-state index in [-0.39, 0.29) is 6.54 Å². The highest BCUT2D eigenvalue weighted by Gasteiger charge is 2.49. The van der Waals surface area contributed by atoms with Crippen LogP contribution < -0.4 is 9.47 Å². The Labute approximate surface area is 171 Å². The molecule has 6 nitrogen and oxygen atoms in total. The van der Waals surface area contributed by atoms with Crippen molar-refractivity contribution in [2.45, 2.75) is 32.4 Å². The number of carboxylic acids is 1. The number of nitrogens with zero attached hydrogens (tertiary/aromatic N) is 1. The molecule has 156 valence electrons. The van der Waals surface area contributed by atoms with Crippen molar-refractivity contribution in [3.63, 3.8) is 0 Å². The molecule has 0 radical (unpaired) electrons. The molecule has 2 aromatic rings. The Bertz CT molecular complexity index is 854. The van der Waals surface area contributed by atoms with Gasteiger partial charge in [-0.1, -0.05) is 36.4 Å². The average Bonchev–Trinajstić information content (AvgIpc) is 2.71. The summed E-state index contributed by atoms with van der Waals surface area (Å²) in [6.07, 6.45) is -0.188. The van der Waals surface area contributed by atoms with E-state index >= 15 is 0 Å². The van der Waals surface area contributed by atoms with Crippen molar-refractivity contribution in [3.05, 3.63) is 59.2 Å². The smallest absolute Gasteiger partial charge is 0.313 e. The summed E-state index contributed by atoms with van der Waals surface area (Å²) >= 11 is 0. The lowest BCUT2D eigenvalue weighted by Gasteiger charge is -2.43. The molecular formula is C23H29NO5. The van der Waals surface area contributed by atoms with Crippen LogP contribution in [0.25, 0.3) is 0 Å². The number of carboxylic acid groups (broad SMARTS) is 1. The lowest BCUT2D eigenvalue weighted by molar-refractivity contribution is -0.163. The van der Waals surface area contributed by atoms with Crippen molar-refractivity contribution in [2.75, 3.05) is 27.3 Å². The van der Waals surface area contributed by atoms with Gasteiger partial charge in [0.2, 0.25) is 0 Å². The van der Waals surface area contributed by atoms with E-state index < -0.39 is 17.5 Å². The molecule has 0 spiro atoms. The number of hydrogen-bond acceptors (Lipinski definition) is 5. The SMILES string of the molecule is COc1ccc(CN2CC[C@H](O)[C@](Cc3ccccc3)(C(=O)O)C2)c(OC)c1C. The maximum atomic E-state index is 12.3. The number of piperidine rings is 1. The molecule has 0 unspecified atom stereocenters. The standard InChI is InChI=1S/C23H29NO5/c1-16-19(28-2)10-9-18(21(16)29-3)14-24-12-11-20(25)23(15-24,22(26)27)13-17-7-5-4-6-8-17/h4-10,20,25H,11-15H2,1-3H3,(H,26,27)/t20-,23+/m0/s1. The molecule has 0 saturated carbocycles. The summed E-state index contributed by atoms with van der Waals surface area (Å²) in [5.74, 6) is 0.541. The minimum Gasteiger partial charge on any atom is -0.496 e. The third-order valence-corrected chi connectivity index (χ3v) is 5.91. The van der Waals surface area contributed by atoms with Gasteiger partial charge >= 0.3 is 5.97 Å². The predicted octanol–water partition coefficient (Wildman–Crippen LogP) is 2.89. The van der Waals surface area contributed by atoms with Gasteiger partial charge in [0.05, 0.1) is 20.3 Å². The molecule has 3 rings (SSSR count). The van der Waals surface area contributed by atoms with Gasteiger partial charge in [-0.25, -0.2) is 0 Å². The number of rotatable bonds is 7. The van der Waals surface area contributed by atoms with Crippen molar-refractivity contribution in [1.82, 2.24) is 4.90 Å². The molecule has 2 aromatic carbocycles. The first-order valence-corrected chi connectivity index (χ1v) is 9.79. The normalized spacial score (nSPS) is 22.3. The van der Waals surface area contributed by atoms with Crippen molar-refractivity contribution < 1.29 is 24.5 Å². The van der Waals surface area contributed by atoms with Gasteiger partial charge in [-0.05, 0) is 31.4 Å². The molecular weight excluding hydrogens is 370 g/mol. The number of carbonyl (C=O) groups is 1. The van der Waals surface area contributed by atoms with Gasteiger partial charge in [-0.2, -0.15) is 0 Å². The molecule has 6 heteroatoms. The predicted molar refractivity (Wildman–Crippen MR) is 110 cm³/mol. The Morgan fingerprint density at radius 3 is 2.52 bits per heavy atom. The average molecular weight is 399 g/mol. The molecule has 0 aromatic heterocycles. The topological polar surface area (TPSA) is 79.2 Å². The fourth-order valence-electron chi connectivity index (χ4n) is 4.32. The molecule has 0 amide bonds. The van der Waals surface area contributed by atoms with Gasteiger partial charge in [0.1, 0.15) is 16.9 Å². The third kappa shape index (κ3) is 4.23. The number of hydrogen-bond donors (Lipinski definition) is 2. The number of ether oxygens (including phenoxy) is 2. The lowest BCUT2D eigenvalue weighted by atomic mass is 9.72. The van der Waals surface area contributed by atoms with Crippen LogP contribution in [0, 0.1) is 12.3 Å². The van der Waals surface area contributed by atoms with Crippen LogP contribution in [-0.4, -0.2) is 54.5 Å². The molecule has 2 atom stereocenters. The van der Waals surface area contributed by atoms with E-state index in [1.807, 2.05) is 49.4 Å². The number of aliphatic hydroxyl groups excluding tert-OH is 1. The summed E-state index contributed by atoms with van der Waals surface area (Å²) in [5.41, 5.74) is 1.56. The summed E-state index contributed by atoms with van der Waals surface area (Å²) in [6.45, 7) is 3.38. The number of likely N-dealkylation sites (tertiary alicyclic amines) is 1. The van der Waals surface area contributed by atoms with E-state index in [0.29, 0.717) is 25.9 Å². The Hall–Kier alpha value is -2.57. The minimum atomic E-state index is -1.24. The van der Waals surface area contributed by atoms with Gasteiger partial charge < -0.3 is 19.7 Å². The van der Waals surface area contributed by atoms with E-state index in [4.69, 9.17) is 9.47 Å². The molecule has 29 heavy (non-hydrogen) atoms. The summed E-state index contributed by atoms with van der Waals surface area (Å²) in [5, 5.41) is 20.8. The van der Waals surface area contributed by atoms with E-state index in [2.05, 4.69) is 4.90 Å². The Morgan fingerprint density at radius 2 is 1.90 bits per heavy atom. The number of benzene rings is 2. The number of methoxy groups -OCH3 is 2. The summed E-state index contributed by atoms with van der Waals surface area (Å²) in [6, 6.07) is 13.4. The first-order chi connectivity index (χ1) is 13.9. The summed E-state index contributed by atoms with van der Waals surface area (Å²) in [4.78, 5) is 14.4. The first kappa shape index (κ1) is 21.1. The quantitative estimate of drug-likeness (QED) is 0.745. The molecule has 1 fully saturated rings. The fourth-order valence-corrected chi connectivity index (χ4v) is 4.32. The molecule has 1 saturated heterocycles. The number of aliphatic hydroxyl groups is 1. The Kier molecular flexibility index (Phi) is 6.45. The Morgan fingerprint density at radius 1 is 1.17 bits per heavy atom. The van der Waals surface area contributed by atoms with Gasteiger partial charge in [0.15, 0.2) is 0 Å². The zero-order valence-electron chi connectivity index (χ0n) is 17.2. The molecule has 1 aliphatic rings. The van der Waals surface area contributed by atoms with E-state index in [9.17, 15) is 15.0 Å². The number of aliphatic carboxylic acids is 1. The van der Waals surface area contributed by atoms with Gasteiger partial charge in [-0.15, -0.1) is 0 Å². The van der Waals surface area contributed by atoms with Gasteiger partial charge in [0.25, 0.3) is 0 Å². The molecule has 1 aliphatic heterocycles. The van der Waals surface area contributed by atoms with Crippen LogP contribution in [0.1, 0.15) is 23.1 Å². The lowest BCUT2D eigenvalue weighted by Crippen LogP contribution is -2.56. The van der Waals surface area contributed by atoms with Crippen LogP contribution in [0.2, 0.25) is 0 Å². The monoisotopic (exact) mass is 399 g/mol. The van der Waals surface area contributed by atoms with Crippen molar-refractivity contribution in [3.8, 4) is 11.5 Å². The molecule has 1 heterocycles. The van der Waals surface area contributed by atoms with E-state index in [0.717, 1.165) is 28.2 Å². The van der Waals surface area contributed by atoms with Crippen LogP contribution >= 0.6 is 0 Å². The maximum absolute atomic E-state index is 12.3. The van der Waals surface area contributed by atoms with Gasteiger partial charge in [0, 0.05) is 30.8 Å². The van der Waals surface area contributed by atoms with Crippen molar-refractivity contribution in [2.24, 2.45) is 5.41 Å². The third-order valence-electron chi connectivity index (χ3n) is 5.91. The van der Waals surface area contributed by atoms with Crippen molar-refractivity contribution in [1.29, 1.82) is 0 Å². The van der Waals surface area contributed by atoms with Crippen molar-refractivity contribution >= 4 is 5.97 Å². The summed E-state index contributed by atoms with van der Waals surface area (Å²) < 4.78 is 11.0. The van der Waals surface area contributed by atoms with Crippen LogP contribution in [0.5, 0.6) is 11.5 Å². The van der Waals surface area contributed by atoms with E-state index in [1.54, 1.807) is 14.2 Å². The van der Waals surface area contributed by atoms with Crippen LogP contribution in [0.3, 0.4) is 0 Å².